The number of likely N-dealkylation sites (tertiary alicyclic amines) is 2. The van der Waals surface area contributed by atoms with Crippen LogP contribution < -0.4 is 0 Å². The molecule has 1 amide bonds. The van der Waals surface area contributed by atoms with E-state index >= 15 is 0 Å². The van der Waals surface area contributed by atoms with E-state index < -0.39 is 0 Å². The second-order valence-electron chi connectivity index (χ2n) is 7.72. The second kappa shape index (κ2) is 7.20. The van der Waals surface area contributed by atoms with Crippen molar-refractivity contribution in [2.45, 2.75) is 44.7 Å². The minimum atomic E-state index is 0.190. The monoisotopic (exact) mass is 349 g/mol. The molecule has 4 nitrogen and oxygen atoms in total. The molecular weight excluding hydrogens is 322 g/mol. The average molecular weight is 349 g/mol. The molecule has 1 aromatic carbocycles. The van der Waals surface area contributed by atoms with Crippen LogP contribution in [0.2, 0.25) is 0 Å². The number of rotatable bonds is 3. The third-order valence-corrected chi connectivity index (χ3v) is 6.19. The van der Waals surface area contributed by atoms with Crippen LogP contribution in [0.4, 0.5) is 0 Å². The highest BCUT2D eigenvalue weighted by Crippen LogP contribution is 2.39. The van der Waals surface area contributed by atoms with E-state index in [4.69, 9.17) is 0 Å². The molecule has 2 aliphatic rings. The summed E-state index contributed by atoms with van der Waals surface area (Å²) >= 11 is 0. The number of benzene rings is 1. The predicted molar refractivity (Wildman–Crippen MR) is 103 cm³/mol. The normalized spacial score (nSPS) is 19.8. The van der Waals surface area contributed by atoms with Crippen LogP contribution in [0.15, 0.2) is 48.8 Å². The fourth-order valence-corrected chi connectivity index (χ4v) is 4.63. The summed E-state index contributed by atoms with van der Waals surface area (Å²) in [4.78, 5) is 21.8. The number of pyridine rings is 1. The molecule has 0 N–H and O–H groups in total. The third-order valence-electron chi connectivity index (χ3n) is 6.19. The van der Waals surface area contributed by atoms with Crippen LogP contribution in [0.1, 0.15) is 47.2 Å². The minimum Gasteiger partial charge on any atom is -0.339 e. The van der Waals surface area contributed by atoms with Crippen molar-refractivity contribution >= 4 is 5.91 Å². The van der Waals surface area contributed by atoms with Crippen molar-refractivity contribution in [1.29, 1.82) is 0 Å². The van der Waals surface area contributed by atoms with E-state index in [-0.39, 0.29) is 11.4 Å². The van der Waals surface area contributed by atoms with Gasteiger partial charge >= 0.3 is 0 Å². The van der Waals surface area contributed by atoms with E-state index in [1.165, 1.54) is 18.4 Å². The first-order valence-electron chi connectivity index (χ1n) is 9.67. The summed E-state index contributed by atoms with van der Waals surface area (Å²) in [5, 5.41) is 0. The predicted octanol–water partition coefficient (Wildman–Crippen LogP) is 3.66. The first-order chi connectivity index (χ1) is 12.7. The number of aryl methyl sites for hydroxylation is 1. The first kappa shape index (κ1) is 17.2. The minimum absolute atomic E-state index is 0.190. The Bertz CT molecular complexity index is 766. The number of amides is 1. The van der Waals surface area contributed by atoms with E-state index in [2.05, 4.69) is 16.0 Å². The molecule has 2 aromatic rings. The summed E-state index contributed by atoms with van der Waals surface area (Å²) < 4.78 is 0. The van der Waals surface area contributed by atoms with Crippen molar-refractivity contribution in [1.82, 2.24) is 14.8 Å². The maximum atomic E-state index is 12.9. The van der Waals surface area contributed by atoms with E-state index in [1.807, 2.05) is 54.5 Å². The van der Waals surface area contributed by atoms with Crippen molar-refractivity contribution in [3.63, 3.8) is 0 Å². The molecule has 0 atom stereocenters. The summed E-state index contributed by atoms with van der Waals surface area (Å²) in [5.41, 5.74) is 3.46. The van der Waals surface area contributed by atoms with Gasteiger partial charge in [0.25, 0.3) is 5.91 Å². The van der Waals surface area contributed by atoms with Gasteiger partial charge in [0, 0.05) is 43.1 Å². The smallest absolute Gasteiger partial charge is 0.254 e. The average Bonchev–Trinajstić information content (AvgIpc) is 3.05. The molecule has 2 saturated heterocycles. The molecule has 26 heavy (non-hydrogen) atoms. The zero-order valence-electron chi connectivity index (χ0n) is 15.5. The molecule has 2 fully saturated rings. The van der Waals surface area contributed by atoms with E-state index in [0.717, 1.165) is 50.1 Å². The van der Waals surface area contributed by atoms with Crippen molar-refractivity contribution in [2.75, 3.05) is 19.6 Å². The van der Waals surface area contributed by atoms with Crippen molar-refractivity contribution < 1.29 is 4.79 Å². The van der Waals surface area contributed by atoms with Gasteiger partial charge in [-0.05, 0) is 62.4 Å². The lowest BCUT2D eigenvalue weighted by atomic mass is 9.84. The van der Waals surface area contributed by atoms with Gasteiger partial charge in [-0.1, -0.05) is 24.3 Å². The van der Waals surface area contributed by atoms with Crippen LogP contribution in [-0.4, -0.2) is 45.9 Å². The Morgan fingerprint density at radius 3 is 2.62 bits per heavy atom. The highest BCUT2D eigenvalue weighted by molar-refractivity contribution is 5.95. The Morgan fingerprint density at radius 1 is 1.08 bits per heavy atom. The Balaban J connectivity index is 1.43. The molecule has 136 valence electrons. The Labute approximate surface area is 155 Å². The number of carbonyl (C=O) groups is 1. The molecule has 1 aromatic heterocycles. The van der Waals surface area contributed by atoms with Crippen molar-refractivity contribution in [3.8, 4) is 0 Å². The fraction of sp³-hybridized carbons (Fsp3) is 0.455. The number of nitrogens with zero attached hydrogens (tertiary/aromatic N) is 3. The van der Waals surface area contributed by atoms with Crippen LogP contribution in [0.5, 0.6) is 0 Å². The Morgan fingerprint density at radius 2 is 1.88 bits per heavy atom. The zero-order valence-corrected chi connectivity index (χ0v) is 15.5. The van der Waals surface area contributed by atoms with Crippen LogP contribution >= 0.6 is 0 Å². The van der Waals surface area contributed by atoms with Gasteiger partial charge in [0.2, 0.25) is 0 Å². The molecule has 2 aliphatic heterocycles. The molecule has 3 heterocycles. The standard InChI is InChI=1S/C22H27N3O/c1-18-6-2-3-8-20(18)21(26)24-14-10-22(11-15-24)9-5-13-25(22)17-19-7-4-12-23-16-19/h2-4,6-8,12,16H,5,9-11,13-15,17H2,1H3. The van der Waals surface area contributed by atoms with Crippen molar-refractivity contribution in [2.24, 2.45) is 0 Å². The summed E-state index contributed by atoms with van der Waals surface area (Å²) in [7, 11) is 0. The van der Waals surface area contributed by atoms with Crippen LogP contribution in [0.25, 0.3) is 0 Å². The molecule has 0 bridgehead atoms. The van der Waals surface area contributed by atoms with E-state index in [0.29, 0.717) is 0 Å². The maximum Gasteiger partial charge on any atom is 0.254 e. The van der Waals surface area contributed by atoms with Gasteiger partial charge in [0.15, 0.2) is 0 Å². The lowest BCUT2D eigenvalue weighted by Crippen LogP contribution is -2.53. The number of aromatic nitrogens is 1. The summed E-state index contributed by atoms with van der Waals surface area (Å²) in [5.74, 6) is 0.190. The molecule has 1 spiro atoms. The number of carbonyl (C=O) groups excluding carboxylic acids is 1. The highest BCUT2D eigenvalue weighted by Gasteiger charge is 2.43. The molecular formula is C22H27N3O. The van der Waals surface area contributed by atoms with E-state index in [9.17, 15) is 4.79 Å². The number of piperidine rings is 1. The van der Waals surface area contributed by atoms with Crippen LogP contribution in [0, 0.1) is 6.92 Å². The molecule has 4 rings (SSSR count). The molecule has 0 unspecified atom stereocenters. The quantitative estimate of drug-likeness (QED) is 0.848. The van der Waals surface area contributed by atoms with Gasteiger partial charge in [-0.3, -0.25) is 14.7 Å². The zero-order chi connectivity index (χ0) is 18.0. The van der Waals surface area contributed by atoms with Crippen molar-refractivity contribution in [3.05, 3.63) is 65.5 Å². The molecule has 0 aliphatic carbocycles. The van der Waals surface area contributed by atoms with Gasteiger partial charge in [-0.2, -0.15) is 0 Å². The van der Waals surface area contributed by atoms with Crippen LogP contribution in [0.3, 0.4) is 0 Å². The first-order valence-corrected chi connectivity index (χ1v) is 9.67. The van der Waals surface area contributed by atoms with Gasteiger partial charge in [-0.25, -0.2) is 0 Å². The SMILES string of the molecule is Cc1ccccc1C(=O)N1CCC2(CCCN2Cc2cccnc2)CC1. The van der Waals surface area contributed by atoms with Gasteiger partial charge in [0.1, 0.15) is 0 Å². The topological polar surface area (TPSA) is 36.4 Å². The van der Waals surface area contributed by atoms with Gasteiger partial charge in [0.05, 0.1) is 0 Å². The lowest BCUT2D eigenvalue weighted by molar-refractivity contribution is 0.0383. The Hall–Kier alpha value is -2.20. The second-order valence-corrected chi connectivity index (χ2v) is 7.72. The molecule has 0 saturated carbocycles. The van der Waals surface area contributed by atoms with E-state index in [1.54, 1.807) is 0 Å². The lowest BCUT2D eigenvalue weighted by Gasteiger charge is -2.45. The summed E-state index contributed by atoms with van der Waals surface area (Å²) in [6.45, 7) is 5.86. The Kier molecular flexibility index (Phi) is 4.77. The maximum absolute atomic E-state index is 12.9. The van der Waals surface area contributed by atoms with Crippen LogP contribution in [-0.2, 0) is 6.54 Å². The highest BCUT2D eigenvalue weighted by atomic mass is 16.2. The molecule has 0 radical (unpaired) electrons. The largest absolute Gasteiger partial charge is 0.339 e. The summed E-state index contributed by atoms with van der Waals surface area (Å²) in [6.07, 6.45) is 8.46. The summed E-state index contributed by atoms with van der Waals surface area (Å²) in [6, 6.07) is 12.1. The number of hydrogen-bond acceptors (Lipinski definition) is 3. The number of hydrogen-bond donors (Lipinski definition) is 0. The fourth-order valence-electron chi connectivity index (χ4n) is 4.63. The van der Waals surface area contributed by atoms with Gasteiger partial charge in [-0.15, -0.1) is 0 Å². The third kappa shape index (κ3) is 3.26. The van der Waals surface area contributed by atoms with Gasteiger partial charge < -0.3 is 4.90 Å². The molecule has 4 heteroatoms.